The van der Waals surface area contributed by atoms with Crippen molar-refractivity contribution in [3.63, 3.8) is 0 Å². The van der Waals surface area contributed by atoms with Gasteiger partial charge in [0.2, 0.25) is 5.91 Å². The Morgan fingerprint density at radius 2 is 0.959 bits per heavy atom. The largest absolute Gasteiger partial charge is 0.477 e. The van der Waals surface area contributed by atoms with Gasteiger partial charge in [-0.2, -0.15) is 0 Å². The Morgan fingerprint density at radius 3 is 1.49 bits per heavy atom. The molecule has 0 aromatic heterocycles. The Hall–Kier alpha value is -2.26. The van der Waals surface area contributed by atoms with Gasteiger partial charge in [0.25, 0.3) is 5.79 Å². The van der Waals surface area contributed by atoms with E-state index in [1.165, 1.54) is 0 Å². The lowest BCUT2D eigenvalue weighted by Gasteiger charge is -2.51. The van der Waals surface area contributed by atoms with Crippen LogP contribution in [0.5, 0.6) is 0 Å². The third-order valence-electron chi connectivity index (χ3n) is 13.4. The van der Waals surface area contributed by atoms with Crippen LogP contribution >= 0.6 is 0 Å². The number of hydrogen-bond acceptors (Lipinski definition) is 32. The lowest BCUT2D eigenvalue weighted by atomic mass is 9.92. The van der Waals surface area contributed by atoms with Gasteiger partial charge in [0.15, 0.2) is 31.5 Å². The predicted octanol–water partition coefficient (Wildman–Crippen LogP) is -14.1. The summed E-state index contributed by atoms with van der Waals surface area (Å²) in [6.45, 7) is -5.38. The number of hydrogen-bond donors (Lipinski definition) is 21. The number of carbonyl (C=O) groups excluding carboxylic acids is 1. The minimum Gasteiger partial charge on any atom is -0.477 e. The molecule has 0 unspecified atom stereocenters. The van der Waals surface area contributed by atoms with Gasteiger partial charge in [-0.05, 0) is 0 Å². The van der Waals surface area contributed by atoms with Gasteiger partial charge in [0.05, 0.1) is 45.7 Å². The standard InChI is InChI=1S/C40H67NO33/c1-9(47)41-17-22(54)18(50)12(4-43)65-34(17)73-33-25(57)21(53)15(7-46)68-38(33)71-31-16(8-64-35-26(58)23(55)19(51)13(5-44)66-35)69-37(28(60)32(31)72-36-27(59)24(56)20(52)14(6-45)67-36)70-29-10(48)2-40(63,39(61)62)74-30(29)11(49)3-42/h10-38,42-46,48-60,63H,2-8H2,1H3,(H,41,47)(H,61,62)/t10-,11-,12-,13-,14-,15-,16-,17-,18-,19-,20-,21-,22-,23+,24+,25+,26-,27-,28-,29-,30-,31-,32-,33-,34-,35-,36+,37-,38+,40-/m1/s1. The van der Waals surface area contributed by atoms with Gasteiger partial charge in [-0.1, -0.05) is 0 Å². The number of carbonyl (C=O) groups is 2. The number of carboxylic acids is 1. The van der Waals surface area contributed by atoms with E-state index >= 15 is 0 Å². The number of amides is 1. The fourth-order valence-electron chi connectivity index (χ4n) is 9.22. The normalized spacial score (nSPS) is 49.7. The predicted molar refractivity (Wildman–Crippen MR) is 222 cm³/mol. The number of ether oxygens (including phenoxy) is 11. The number of nitrogens with one attached hydrogen (secondary N) is 1. The van der Waals surface area contributed by atoms with Crippen molar-refractivity contribution in [1.82, 2.24) is 5.32 Å². The summed E-state index contributed by atoms with van der Waals surface area (Å²) in [5.74, 6) is -6.11. The van der Waals surface area contributed by atoms with Gasteiger partial charge in [0, 0.05) is 13.3 Å². The maximum absolute atomic E-state index is 12.3. The van der Waals surface area contributed by atoms with E-state index in [0.717, 1.165) is 6.92 Å². The average molecular weight is 1090 g/mol. The molecule has 21 N–H and O–H groups in total. The van der Waals surface area contributed by atoms with Crippen molar-refractivity contribution in [2.75, 3.05) is 39.6 Å². The zero-order chi connectivity index (χ0) is 54.8. The van der Waals surface area contributed by atoms with Crippen LogP contribution in [-0.2, 0) is 61.7 Å². The summed E-state index contributed by atoms with van der Waals surface area (Å²) in [5, 5.41) is 215. The molecule has 0 aromatic carbocycles. The van der Waals surface area contributed by atoms with E-state index in [4.69, 9.17) is 52.1 Å². The van der Waals surface area contributed by atoms with Crippen LogP contribution in [0, 0.1) is 0 Å². The smallest absolute Gasteiger partial charge is 0.364 e. The highest BCUT2D eigenvalue weighted by Crippen LogP contribution is 2.39. The molecule has 0 radical (unpaired) electrons. The highest BCUT2D eigenvalue weighted by atomic mass is 16.8. The van der Waals surface area contributed by atoms with Crippen LogP contribution in [0.2, 0.25) is 0 Å². The lowest BCUT2D eigenvalue weighted by Crippen LogP contribution is -2.70. The van der Waals surface area contributed by atoms with Gasteiger partial charge >= 0.3 is 5.97 Å². The van der Waals surface area contributed by atoms with Crippen LogP contribution in [0.4, 0.5) is 0 Å². The van der Waals surface area contributed by atoms with Crippen molar-refractivity contribution < 1.29 is 164 Å². The minimum absolute atomic E-state index is 0.836. The second kappa shape index (κ2) is 25.7. The van der Waals surface area contributed by atoms with Gasteiger partial charge in [0.1, 0.15) is 140 Å². The Balaban J connectivity index is 1.45. The molecule has 0 saturated carbocycles. The molecule has 0 aliphatic carbocycles. The van der Waals surface area contributed by atoms with E-state index < -0.39 is 242 Å². The fraction of sp³-hybridized carbons (Fsp3) is 0.950. The maximum atomic E-state index is 12.3. The van der Waals surface area contributed by atoms with Crippen molar-refractivity contribution >= 4 is 11.9 Å². The SMILES string of the molecule is CC(=O)N[C@H]1[C@@H](O[C@H]2[C@H](O[C@H]3[C@H](O[C@@H]4O[C@H](CO)[C@@H](O)[C@H](O)[C@H]4O)[C@@H](O)[C@@H](O[C@H]4[C@@H]([C@H](O)CO)O[C@@](O)(C(=O)O)C[C@H]4O)O[C@@H]3CO[C@@H]3O[C@H](CO)[C@@H](O)[C@H](O)[C@H]3O)O[C@H](CO)[C@@H](O)[C@@H]2O)O[C@H](CO)[C@@H](O)[C@@H]1O. The molecular weight excluding hydrogens is 1020 g/mol. The van der Waals surface area contributed by atoms with E-state index in [9.17, 15) is 112 Å². The summed E-state index contributed by atoms with van der Waals surface area (Å²) in [6, 6.07) is -1.73. The maximum Gasteiger partial charge on any atom is 0.364 e. The fourth-order valence-corrected chi connectivity index (χ4v) is 9.22. The molecule has 6 rings (SSSR count). The van der Waals surface area contributed by atoms with E-state index in [-0.39, 0.29) is 0 Å². The Kier molecular flexibility index (Phi) is 21.2. The van der Waals surface area contributed by atoms with Crippen molar-refractivity contribution in [2.45, 2.75) is 197 Å². The number of aliphatic hydroxyl groups excluding tert-OH is 18. The molecule has 6 saturated heterocycles. The first-order valence-electron chi connectivity index (χ1n) is 23.2. The molecule has 0 spiro atoms. The van der Waals surface area contributed by atoms with Crippen LogP contribution in [0.15, 0.2) is 0 Å². The lowest BCUT2D eigenvalue weighted by molar-refractivity contribution is -0.409. The van der Waals surface area contributed by atoms with Gasteiger partial charge < -0.3 is 160 Å². The molecule has 6 heterocycles. The summed E-state index contributed by atoms with van der Waals surface area (Å²) < 4.78 is 63.7. The highest BCUT2D eigenvalue weighted by Gasteiger charge is 2.60. The van der Waals surface area contributed by atoms with Crippen LogP contribution < -0.4 is 5.32 Å². The zero-order valence-electron chi connectivity index (χ0n) is 38.9. The van der Waals surface area contributed by atoms with Gasteiger partial charge in [-0.25, -0.2) is 4.79 Å². The van der Waals surface area contributed by atoms with Gasteiger partial charge in [-0.3, -0.25) is 4.79 Å². The van der Waals surface area contributed by atoms with Gasteiger partial charge in [-0.15, -0.1) is 0 Å². The third-order valence-corrected chi connectivity index (χ3v) is 13.4. The first-order chi connectivity index (χ1) is 34.9. The summed E-state index contributed by atoms with van der Waals surface area (Å²) in [5.41, 5.74) is 0. The summed E-state index contributed by atoms with van der Waals surface area (Å²) in [4.78, 5) is 24.3. The van der Waals surface area contributed by atoms with E-state index in [2.05, 4.69) is 5.32 Å². The first kappa shape index (κ1) is 61.0. The summed E-state index contributed by atoms with van der Waals surface area (Å²) in [7, 11) is 0. The summed E-state index contributed by atoms with van der Waals surface area (Å²) in [6.07, 6.45) is -59.4. The van der Waals surface area contributed by atoms with Crippen LogP contribution in [-0.4, -0.2) is 337 Å². The molecule has 34 heteroatoms. The van der Waals surface area contributed by atoms with Crippen molar-refractivity contribution in [3.8, 4) is 0 Å². The second-order valence-corrected chi connectivity index (χ2v) is 18.5. The molecule has 34 nitrogen and oxygen atoms in total. The van der Waals surface area contributed by atoms with E-state index in [1.807, 2.05) is 0 Å². The molecule has 74 heavy (non-hydrogen) atoms. The Labute approximate surface area is 417 Å². The van der Waals surface area contributed by atoms with Crippen LogP contribution in [0.3, 0.4) is 0 Å². The molecule has 430 valence electrons. The number of aliphatic hydroxyl groups is 19. The van der Waals surface area contributed by atoms with Crippen molar-refractivity contribution in [3.05, 3.63) is 0 Å². The van der Waals surface area contributed by atoms with Crippen molar-refractivity contribution in [1.29, 1.82) is 0 Å². The third kappa shape index (κ3) is 12.8. The molecule has 6 aliphatic heterocycles. The number of aliphatic carboxylic acids is 1. The molecular formula is C40H67NO33. The molecule has 0 aromatic rings. The molecule has 6 aliphatic rings. The van der Waals surface area contributed by atoms with E-state index in [0.29, 0.717) is 0 Å². The van der Waals surface area contributed by atoms with Crippen LogP contribution in [0.1, 0.15) is 13.3 Å². The average Bonchev–Trinajstić information content (AvgIpc) is 3.36. The topological polar surface area (TPSA) is 552 Å². The molecule has 30 atom stereocenters. The van der Waals surface area contributed by atoms with E-state index in [1.54, 1.807) is 0 Å². The Morgan fingerprint density at radius 1 is 0.527 bits per heavy atom. The number of rotatable bonds is 19. The number of carboxylic acid groups (broad SMARTS) is 1. The second-order valence-electron chi connectivity index (χ2n) is 18.5. The van der Waals surface area contributed by atoms with Crippen LogP contribution in [0.25, 0.3) is 0 Å². The van der Waals surface area contributed by atoms with Crippen molar-refractivity contribution in [2.24, 2.45) is 0 Å². The monoisotopic (exact) mass is 1090 g/mol. The molecule has 0 bridgehead atoms. The molecule has 1 amide bonds. The zero-order valence-corrected chi connectivity index (χ0v) is 38.9. The first-order valence-corrected chi connectivity index (χ1v) is 23.2. The molecule has 6 fully saturated rings. The minimum atomic E-state index is -3.22. The quantitative estimate of drug-likeness (QED) is 0.0571. The summed E-state index contributed by atoms with van der Waals surface area (Å²) >= 11 is 0. The Bertz CT molecular complexity index is 1790. The highest BCUT2D eigenvalue weighted by molar-refractivity contribution is 5.75.